The average molecular weight is 836 g/mol. The Morgan fingerprint density at radius 3 is 2.19 bits per heavy atom. The van der Waals surface area contributed by atoms with E-state index >= 15 is 0 Å². The molecule has 9 nitrogen and oxygen atoms in total. The molecule has 0 saturated carbocycles. The number of carbonyl (C=O) groups excluding carboxylic acids is 2. The van der Waals surface area contributed by atoms with Crippen molar-refractivity contribution in [3.8, 4) is 11.5 Å². The number of hydrogen-bond donors (Lipinski definition) is 2. The van der Waals surface area contributed by atoms with Crippen molar-refractivity contribution in [1.29, 1.82) is 0 Å². The molecule has 3 aromatic carbocycles. The number of benzene rings is 3. The van der Waals surface area contributed by atoms with Crippen LogP contribution >= 0.6 is 0 Å². The highest BCUT2D eigenvalue weighted by Crippen LogP contribution is 2.45. The number of fused-ring (bicyclic) bond motifs is 4. The van der Waals surface area contributed by atoms with Crippen molar-refractivity contribution in [1.82, 2.24) is 15.2 Å². The van der Waals surface area contributed by atoms with Gasteiger partial charge in [0.05, 0.1) is 12.1 Å². The predicted molar refractivity (Wildman–Crippen MR) is 242 cm³/mol. The van der Waals surface area contributed by atoms with Gasteiger partial charge in [0.2, 0.25) is 11.8 Å². The first-order valence-electron chi connectivity index (χ1n) is 21.4. The fraction of sp³-hybridized carbons (Fsp3) is 0.500. The summed E-state index contributed by atoms with van der Waals surface area (Å²) in [6, 6.07) is 24.6. The van der Waals surface area contributed by atoms with E-state index in [2.05, 4.69) is 152 Å². The van der Waals surface area contributed by atoms with E-state index in [0.717, 1.165) is 28.5 Å². The van der Waals surface area contributed by atoms with Crippen LogP contribution in [-0.2, 0) is 24.9 Å². The van der Waals surface area contributed by atoms with Gasteiger partial charge in [0.15, 0.2) is 19.8 Å². The minimum Gasteiger partial charge on any atom is -0.485 e. The smallest absolute Gasteiger partial charge is 0.261 e. The quantitative estimate of drug-likeness (QED) is 0.116. The number of aromatic amines is 1. The molecule has 3 atom stereocenters. The minimum absolute atomic E-state index is 0.0345. The largest absolute Gasteiger partial charge is 0.485 e. The minimum atomic E-state index is -2.74. The van der Waals surface area contributed by atoms with Gasteiger partial charge in [-0.05, 0) is 91.3 Å². The molecule has 7 rings (SSSR count). The summed E-state index contributed by atoms with van der Waals surface area (Å²) >= 11 is 0. The molecule has 3 aliphatic heterocycles. The molecule has 2 saturated heterocycles. The van der Waals surface area contributed by atoms with Crippen molar-refractivity contribution < 1.29 is 27.9 Å². The van der Waals surface area contributed by atoms with Crippen molar-refractivity contribution in [2.24, 2.45) is 0 Å². The summed E-state index contributed by atoms with van der Waals surface area (Å²) in [5.74, 6) is 1.17. The number of ether oxygens (including phenoxy) is 2. The molecule has 4 aromatic rings. The van der Waals surface area contributed by atoms with Gasteiger partial charge in [0.25, 0.3) is 8.32 Å². The number of carbonyl (C=O) groups is 2. The maximum atomic E-state index is 14.3. The lowest BCUT2D eigenvalue weighted by atomic mass is 9.86. The van der Waals surface area contributed by atoms with Gasteiger partial charge in [-0.2, -0.15) is 0 Å². The van der Waals surface area contributed by atoms with E-state index in [4.69, 9.17) is 18.3 Å². The number of aromatic nitrogens is 1. The van der Waals surface area contributed by atoms with Gasteiger partial charge in [-0.25, -0.2) is 0 Å². The highest BCUT2D eigenvalue weighted by molar-refractivity contribution is 6.99. The molecule has 1 aromatic heterocycles. The maximum absolute atomic E-state index is 14.3. The Morgan fingerprint density at radius 2 is 1.58 bits per heavy atom. The van der Waals surface area contributed by atoms with Gasteiger partial charge in [-0.1, -0.05) is 114 Å². The number of piperazine rings is 1. The zero-order valence-electron chi connectivity index (χ0n) is 37.1. The molecular formula is C48H65N3O6Si2. The molecule has 4 heterocycles. The van der Waals surface area contributed by atoms with E-state index in [1.54, 1.807) is 0 Å². The Labute approximate surface area is 353 Å². The molecule has 2 N–H and O–H groups in total. The Morgan fingerprint density at radius 1 is 0.932 bits per heavy atom. The zero-order chi connectivity index (χ0) is 42.6. The highest BCUT2D eigenvalue weighted by Gasteiger charge is 2.55. The number of hydrogen-bond acceptors (Lipinski definition) is 6. The summed E-state index contributed by atoms with van der Waals surface area (Å²) in [6.07, 6.45) is 6.01. The van der Waals surface area contributed by atoms with Crippen LogP contribution in [0.4, 0.5) is 0 Å². The van der Waals surface area contributed by atoms with Crippen LogP contribution in [0.3, 0.4) is 0 Å². The Kier molecular flexibility index (Phi) is 11.4. The highest BCUT2D eigenvalue weighted by atomic mass is 28.4. The van der Waals surface area contributed by atoms with Crippen LogP contribution in [0.5, 0.6) is 11.5 Å². The zero-order valence-corrected chi connectivity index (χ0v) is 39.1. The van der Waals surface area contributed by atoms with E-state index in [0.29, 0.717) is 50.5 Å². The molecule has 2 fully saturated rings. The van der Waals surface area contributed by atoms with Crippen molar-refractivity contribution in [3.63, 3.8) is 0 Å². The van der Waals surface area contributed by atoms with Crippen LogP contribution in [0.1, 0.15) is 87.1 Å². The normalized spacial score (nSPS) is 22.6. The van der Waals surface area contributed by atoms with Crippen LogP contribution in [0.2, 0.25) is 23.2 Å². The van der Waals surface area contributed by atoms with Crippen LogP contribution in [0.15, 0.2) is 90.6 Å². The Hall–Kier alpha value is -4.17. The third-order valence-electron chi connectivity index (χ3n) is 13.6. The summed E-state index contributed by atoms with van der Waals surface area (Å²) in [5.41, 5.74) is 1.27. The van der Waals surface area contributed by atoms with Crippen LogP contribution in [0.25, 0.3) is 10.9 Å². The van der Waals surface area contributed by atoms with E-state index in [-0.39, 0.29) is 28.0 Å². The fourth-order valence-corrected chi connectivity index (χ4v) is 15.1. The van der Waals surface area contributed by atoms with Gasteiger partial charge < -0.3 is 33.5 Å². The van der Waals surface area contributed by atoms with E-state index in [1.165, 1.54) is 10.4 Å². The second-order valence-corrected chi connectivity index (χ2v) is 29.1. The summed E-state index contributed by atoms with van der Waals surface area (Å²) in [7, 11) is -4.84. The fourth-order valence-electron chi connectivity index (χ4n) is 9.05. The van der Waals surface area contributed by atoms with E-state index in [1.807, 2.05) is 23.2 Å². The first-order valence-corrected chi connectivity index (χ1v) is 26.2. The van der Waals surface area contributed by atoms with Crippen molar-refractivity contribution >= 4 is 49.7 Å². The molecule has 3 aliphatic rings. The molecule has 316 valence electrons. The first-order chi connectivity index (χ1) is 27.7. The molecule has 11 heteroatoms. The van der Waals surface area contributed by atoms with E-state index in [9.17, 15) is 9.59 Å². The van der Waals surface area contributed by atoms with Crippen LogP contribution in [-0.4, -0.2) is 81.4 Å². The summed E-state index contributed by atoms with van der Waals surface area (Å²) < 4.78 is 27.2. The standard InChI is InChI=1S/C48H65N3O6Si2/c1-33(31-55-59(46(5,6)7,35-19-14-12-15-20-35)36-21-16-13-17-22-36)25-27-48-26-18-28-51(48)43(52)38(50-44(48)53)29-34-30-49-41-37(34)23-24-39-42(41)54-32-40(47(8,9)56-39)57-58(10,11)45(2,3)4/h12-17,19-25,30,38,40,49H,18,26-29,31-32H2,1-11H3,(H,50,53)/b33-25+/t38-,40?,48+/m0/s1. The lowest BCUT2D eigenvalue weighted by molar-refractivity contribution is -0.154. The third-order valence-corrected chi connectivity index (χ3v) is 23.0. The topological polar surface area (TPSA) is 102 Å². The number of amides is 2. The van der Waals surface area contributed by atoms with Crippen molar-refractivity contribution in [2.75, 3.05) is 19.8 Å². The number of nitrogens with one attached hydrogen (secondary N) is 2. The van der Waals surface area contributed by atoms with Gasteiger partial charge >= 0.3 is 0 Å². The molecule has 2 amide bonds. The second-order valence-electron chi connectivity index (χ2n) is 20.1. The summed E-state index contributed by atoms with van der Waals surface area (Å²) in [6.45, 7) is 25.6. The van der Waals surface area contributed by atoms with E-state index < -0.39 is 33.8 Å². The number of H-pyrrole nitrogens is 1. The molecule has 0 bridgehead atoms. The lowest BCUT2D eigenvalue weighted by Crippen LogP contribution is -2.68. The van der Waals surface area contributed by atoms with Crippen molar-refractivity contribution in [3.05, 3.63) is 96.2 Å². The van der Waals surface area contributed by atoms with Gasteiger partial charge in [0, 0.05) is 24.5 Å². The predicted octanol–water partition coefficient (Wildman–Crippen LogP) is 8.42. The lowest BCUT2D eigenvalue weighted by Gasteiger charge is -2.44. The monoisotopic (exact) mass is 835 g/mol. The SMILES string of the molecule is C/C(=C\C[C@@]12CCCN1C(=O)[C@H](Cc1c[nH]c3c4c(ccc13)OC(C)(C)C(O[Si](C)(C)C(C)(C)C)CO4)NC2=O)CO[Si](c1ccccc1)(c1ccccc1)C(C)(C)C. The van der Waals surface area contributed by atoms with Crippen molar-refractivity contribution in [2.45, 2.75) is 134 Å². The average Bonchev–Trinajstić information content (AvgIpc) is 3.77. The summed E-state index contributed by atoms with van der Waals surface area (Å²) in [5, 5.41) is 6.47. The molecular weight excluding hydrogens is 771 g/mol. The van der Waals surface area contributed by atoms with Gasteiger partial charge in [-0.3, -0.25) is 9.59 Å². The number of nitrogens with zero attached hydrogens (tertiary/aromatic N) is 1. The van der Waals surface area contributed by atoms with Gasteiger partial charge in [-0.15, -0.1) is 0 Å². The second kappa shape index (κ2) is 15.7. The number of rotatable bonds is 11. The molecule has 59 heavy (non-hydrogen) atoms. The van der Waals surface area contributed by atoms with Crippen LogP contribution in [0, 0.1) is 0 Å². The molecule has 0 aliphatic carbocycles. The molecule has 0 spiro atoms. The van der Waals surface area contributed by atoms with Crippen LogP contribution < -0.4 is 25.2 Å². The molecule has 0 radical (unpaired) electrons. The Bertz CT molecular complexity index is 2160. The van der Waals surface area contributed by atoms with Gasteiger partial charge in [0.1, 0.15) is 29.9 Å². The summed E-state index contributed by atoms with van der Waals surface area (Å²) in [4.78, 5) is 33.8. The Balaban J connectivity index is 1.07. The molecule has 1 unspecified atom stereocenters. The third kappa shape index (κ3) is 7.84. The maximum Gasteiger partial charge on any atom is 0.261 e. The first kappa shape index (κ1) is 42.9.